The molecule has 1 saturated carbocycles. The van der Waals surface area contributed by atoms with Crippen molar-refractivity contribution in [2.45, 2.75) is 58.4 Å². The number of ether oxygens (including phenoxy) is 1. The lowest BCUT2D eigenvalue weighted by molar-refractivity contribution is 0.248. The average molecular weight is 287 g/mol. The zero-order valence-corrected chi connectivity index (χ0v) is 13.7. The number of nitrogens with one attached hydrogen (secondary N) is 1. The van der Waals surface area contributed by atoms with Crippen LogP contribution in [0.5, 0.6) is 5.75 Å². The van der Waals surface area contributed by atoms with Crippen molar-refractivity contribution < 1.29 is 4.74 Å². The predicted molar refractivity (Wildman–Crippen MR) is 87.9 cm³/mol. The molecule has 0 bridgehead atoms. The van der Waals surface area contributed by atoms with Gasteiger partial charge in [0.2, 0.25) is 0 Å². The van der Waals surface area contributed by atoms with Crippen LogP contribution in [0.3, 0.4) is 0 Å². The summed E-state index contributed by atoms with van der Waals surface area (Å²) in [4.78, 5) is 0. The van der Waals surface area contributed by atoms with E-state index in [2.05, 4.69) is 50.4 Å². The van der Waals surface area contributed by atoms with Crippen molar-refractivity contribution in [1.82, 2.24) is 5.32 Å². The van der Waals surface area contributed by atoms with Gasteiger partial charge in [0.1, 0.15) is 5.75 Å². The molecule has 116 valence electrons. The molecule has 1 aliphatic carbocycles. The van der Waals surface area contributed by atoms with Crippen LogP contribution in [0.4, 0.5) is 0 Å². The standard InChI is InChI=1S/C19H29NO/c1-4-10-20-17(16-13-19(16,2)3)12-14-9-11-21-18-8-6-5-7-15(14)18/h5-8,14,16-17,20H,4,9-13H2,1-3H3. The SMILES string of the molecule is CCCNC(CC1CCOc2ccccc21)C1CC1(C)C. The summed E-state index contributed by atoms with van der Waals surface area (Å²) < 4.78 is 5.81. The van der Waals surface area contributed by atoms with Gasteiger partial charge in [-0.25, -0.2) is 0 Å². The van der Waals surface area contributed by atoms with Crippen molar-refractivity contribution in [2.24, 2.45) is 11.3 Å². The Hall–Kier alpha value is -1.02. The highest BCUT2D eigenvalue weighted by molar-refractivity contribution is 5.37. The highest BCUT2D eigenvalue weighted by atomic mass is 16.5. The van der Waals surface area contributed by atoms with Crippen LogP contribution < -0.4 is 10.1 Å². The van der Waals surface area contributed by atoms with Crippen molar-refractivity contribution >= 4 is 0 Å². The summed E-state index contributed by atoms with van der Waals surface area (Å²) >= 11 is 0. The largest absolute Gasteiger partial charge is 0.493 e. The number of hydrogen-bond donors (Lipinski definition) is 1. The van der Waals surface area contributed by atoms with Gasteiger partial charge in [0, 0.05) is 6.04 Å². The topological polar surface area (TPSA) is 21.3 Å². The fourth-order valence-corrected chi connectivity index (χ4v) is 3.88. The van der Waals surface area contributed by atoms with Crippen LogP contribution >= 0.6 is 0 Å². The zero-order valence-electron chi connectivity index (χ0n) is 13.7. The molecule has 0 amide bonds. The van der Waals surface area contributed by atoms with Gasteiger partial charge in [-0.15, -0.1) is 0 Å². The van der Waals surface area contributed by atoms with Crippen molar-refractivity contribution in [3.63, 3.8) is 0 Å². The number of benzene rings is 1. The second kappa shape index (κ2) is 6.00. The second-order valence-electron chi connectivity index (χ2n) is 7.47. The molecule has 0 aromatic heterocycles. The fraction of sp³-hybridized carbons (Fsp3) is 0.684. The van der Waals surface area contributed by atoms with Crippen molar-refractivity contribution in [3.05, 3.63) is 29.8 Å². The summed E-state index contributed by atoms with van der Waals surface area (Å²) in [6, 6.07) is 9.27. The van der Waals surface area contributed by atoms with E-state index in [4.69, 9.17) is 4.74 Å². The first kappa shape index (κ1) is 14.9. The molecule has 1 N–H and O–H groups in total. The molecule has 0 spiro atoms. The first-order chi connectivity index (χ1) is 10.1. The molecule has 3 rings (SSSR count). The van der Waals surface area contributed by atoms with Crippen molar-refractivity contribution in [1.29, 1.82) is 0 Å². The third kappa shape index (κ3) is 3.26. The molecule has 2 aliphatic rings. The Morgan fingerprint density at radius 1 is 1.33 bits per heavy atom. The van der Waals surface area contributed by atoms with E-state index >= 15 is 0 Å². The number of para-hydroxylation sites is 1. The van der Waals surface area contributed by atoms with Gasteiger partial charge < -0.3 is 10.1 Å². The van der Waals surface area contributed by atoms with Gasteiger partial charge in [-0.1, -0.05) is 39.0 Å². The highest BCUT2D eigenvalue weighted by Crippen LogP contribution is 2.55. The summed E-state index contributed by atoms with van der Waals surface area (Å²) in [5.41, 5.74) is 1.96. The number of fused-ring (bicyclic) bond motifs is 1. The minimum atomic E-state index is 0.538. The van der Waals surface area contributed by atoms with E-state index in [1.807, 2.05) is 0 Å². The molecule has 1 fully saturated rings. The molecule has 1 aromatic rings. The highest BCUT2D eigenvalue weighted by Gasteiger charge is 2.50. The van der Waals surface area contributed by atoms with Crippen LogP contribution in [0.15, 0.2) is 24.3 Å². The Kier molecular flexibility index (Phi) is 4.26. The van der Waals surface area contributed by atoms with Gasteiger partial charge in [0.05, 0.1) is 6.61 Å². The van der Waals surface area contributed by atoms with Crippen LogP contribution in [0.25, 0.3) is 0 Å². The van der Waals surface area contributed by atoms with E-state index in [9.17, 15) is 0 Å². The van der Waals surface area contributed by atoms with Gasteiger partial charge in [-0.2, -0.15) is 0 Å². The Labute approximate surface area is 129 Å². The molecule has 0 saturated heterocycles. The number of rotatable bonds is 6. The van der Waals surface area contributed by atoms with Crippen LogP contribution in [0.2, 0.25) is 0 Å². The molecule has 3 atom stereocenters. The molecule has 3 unspecified atom stereocenters. The maximum Gasteiger partial charge on any atom is 0.122 e. The lowest BCUT2D eigenvalue weighted by atomic mass is 9.85. The summed E-state index contributed by atoms with van der Waals surface area (Å²) in [5.74, 6) is 2.61. The predicted octanol–water partition coefficient (Wildman–Crippen LogP) is 4.36. The normalized spacial score (nSPS) is 27.6. The van der Waals surface area contributed by atoms with Gasteiger partial charge in [0.25, 0.3) is 0 Å². The molecule has 0 radical (unpaired) electrons. The van der Waals surface area contributed by atoms with Crippen LogP contribution in [-0.2, 0) is 0 Å². The van der Waals surface area contributed by atoms with E-state index in [1.54, 1.807) is 0 Å². The lowest BCUT2D eigenvalue weighted by Crippen LogP contribution is -2.35. The molecular formula is C19H29NO. The van der Waals surface area contributed by atoms with Crippen LogP contribution in [-0.4, -0.2) is 19.2 Å². The van der Waals surface area contributed by atoms with Gasteiger partial charge >= 0.3 is 0 Å². The third-order valence-electron chi connectivity index (χ3n) is 5.35. The number of hydrogen-bond acceptors (Lipinski definition) is 2. The monoisotopic (exact) mass is 287 g/mol. The Morgan fingerprint density at radius 3 is 2.81 bits per heavy atom. The molecular weight excluding hydrogens is 258 g/mol. The van der Waals surface area contributed by atoms with E-state index in [0.29, 0.717) is 17.4 Å². The maximum absolute atomic E-state index is 5.81. The fourth-order valence-electron chi connectivity index (χ4n) is 3.88. The average Bonchev–Trinajstić information content (AvgIpc) is 3.12. The summed E-state index contributed by atoms with van der Waals surface area (Å²) in [6.07, 6.45) is 5.01. The molecule has 1 aromatic carbocycles. The first-order valence-corrected chi connectivity index (χ1v) is 8.57. The van der Waals surface area contributed by atoms with Crippen molar-refractivity contribution in [3.8, 4) is 5.75 Å². The molecule has 2 nitrogen and oxygen atoms in total. The second-order valence-corrected chi connectivity index (χ2v) is 7.47. The van der Waals surface area contributed by atoms with Gasteiger partial charge in [-0.3, -0.25) is 0 Å². The van der Waals surface area contributed by atoms with Crippen LogP contribution in [0.1, 0.15) is 57.9 Å². The van der Waals surface area contributed by atoms with Crippen LogP contribution in [0, 0.1) is 11.3 Å². The Morgan fingerprint density at radius 2 is 2.10 bits per heavy atom. The Balaban J connectivity index is 1.71. The first-order valence-electron chi connectivity index (χ1n) is 8.57. The maximum atomic E-state index is 5.81. The molecule has 2 heteroatoms. The van der Waals surface area contributed by atoms with E-state index in [1.165, 1.54) is 24.8 Å². The summed E-state index contributed by atoms with van der Waals surface area (Å²) in [6.45, 7) is 9.09. The third-order valence-corrected chi connectivity index (χ3v) is 5.35. The summed E-state index contributed by atoms with van der Waals surface area (Å²) in [7, 11) is 0. The van der Waals surface area contributed by atoms with Gasteiger partial charge in [0.15, 0.2) is 0 Å². The minimum absolute atomic E-state index is 0.538. The van der Waals surface area contributed by atoms with Gasteiger partial charge in [-0.05, 0) is 61.1 Å². The van der Waals surface area contributed by atoms with E-state index in [0.717, 1.165) is 31.2 Å². The zero-order chi connectivity index (χ0) is 14.9. The quantitative estimate of drug-likeness (QED) is 0.839. The minimum Gasteiger partial charge on any atom is -0.493 e. The molecule has 21 heavy (non-hydrogen) atoms. The molecule has 1 aliphatic heterocycles. The smallest absolute Gasteiger partial charge is 0.122 e. The summed E-state index contributed by atoms with van der Waals surface area (Å²) in [5, 5.41) is 3.82. The van der Waals surface area contributed by atoms with Crippen molar-refractivity contribution in [2.75, 3.05) is 13.2 Å². The Bertz CT molecular complexity index is 482. The van der Waals surface area contributed by atoms with E-state index in [-0.39, 0.29) is 0 Å². The van der Waals surface area contributed by atoms with E-state index < -0.39 is 0 Å². The lowest BCUT2D eigenvalue weighted by Gasteiger charge is -2.30. The molecule has 1 heterocycles.